The van der Waals surface area contributed by atoms with Crippen LogP contribution in [0, 0.1) is 6.07 Å². The molecule has 0 aliphatic carbocycles. The van der Waals surface area contributed by atoms with Crippen molar-refractivity contribution in [1.29, 1.82) is 0 Å². The fourth-order valence-corrected chi connectivity index (χ4v) is 2.40. The van der Waals surface area contributed by atoms with Gasteiger partial charge in [-0.25, -0.2) is 0 Å². The Kier molecular flexibility index (Phi) is 10.1. The van der Waals surface area contributed by atoms with Crippen LogP contribution in [0.25, 0.3) is 0 Å². The Morgan fingerprint density at radius 3 is 2.70 bits per heavy atom. The highest BCUT2D eigenvalue weighted by atomic mass is 35.5. The lowest BCUT2D eigenvalue weighted by molar-refractivity contribution is -0.142. The molecule has 23 heavy (non-hydrogen) atoms. The van der Waals surface area contributed by atoms with Crippen molar-refractivity contribution < 1.29 is 14.4 Å². The standard InChI is InChI=1S/C18H25ClNO3/c1-3-4-5-6-7-10-13-23-18(21)14-17(20-22-2)15-11-8-9-12-16(15)19/h9,11-12H,3-7,10,13-14H2,1-2H3. The SMILES string of the molecule is CCCCCCCCOC(=O)CC(=NOC)c1c[c]ccc1Cl. The molecule has 0 aromatic heterocycles. The second-order valence-corrected chi connectivity index (χ2v) is 5.70. The first-order chi connectivity index (χ1) is 11.2. The summed E-state index contributed by atoms with van der Waals surface area (Å²) in [6.45, 7) is 2.64. The molecule has 0 unspecified atom stereocenters. The molecule has 1 aromatic rings. The molecule has 0 amide bonds. The molecule has 0 saturated heterocycles. The minimum absolute atomic E-state index is 0.0290. The van der Waals surface area contributed by atoms with E-state index in [0.29, 0.717) is 22.9 Å². The van der Waals surface area contributed by atoms with Gasteiger partial charge in [0.1, 0.15) is 7.11 Å². The molecule has 0 saturated carbocycles. The zero-order valence-electron chi connectivity index (χ0n) is 13.9. The Balaban J connectivity index is 2.38. The lowest BCUT2D eigenvalue weighted by Gasteiger charge is -2.08. The van der Waals surface area contributed by atoms with Crippen LogP contribution in [0.5, 0.6) is 0 Å². The molecule has 0 heterocycles. The van der Waals surface area contributed by atoms with Crippen molar-refractivity contribution in [2.75, 3.05) is 13.7 Å². The van der Waals surface area contributed by atoms with E-state index < -0.39 is 0 Å². The van der Waals surface area contributed by atoms with Crippen LogP contribution in [0.15, 0.2) is 23.4 Å². The van der Waals surface area contributed by atoms with Gasteiger partial charge in [-0.2, -0.15) is 0 Å². The largest absolute Gasteiger partial charge is 0.465 e. The lowest BCUT2D eigenvalue weighted by atomic mass is 10.1. The number of hydrogen-bond acceptors (Lipinski definition) is 4. The number of esters is 1. The van der Waals surface area contributed by atoms with E-state index in [1.165, 1.54) is 32.8 Å². The Morgan fingerprint density at radius 1 is 1.26 bits per heavy atom. The first-order valence-corrected chi connectivity index (χ1v) is 8.48. The Hall–Kier alpha value is -1.55. The number of benzene rings is 1. The van der Waals surface area contributed by atoms with E-state index in [4.69, 9.17) is 21.2 Å². The van der Waals surface area contributed by atoms with E-state index in [9.17, 15) is 4.79 Å². The van der Waals surface area contributed by atoms with E-state index in [1.807, 2.05) is 0 Å². The number of hydrogen-bond donors (Lipinski definition) is 0. The van der Waals surface area contributed by atoms with Crippen molar-refractivity contribution in [3.8, 4) is 0 Å². The molecule has 0 fully saturated rings. The monoisotopic (exact) mass is 338 g/mol. The highest BCUT2D eigenvalue weighted by molar-refractivity contribution is 6.34. The summed E-state index contributed by atoms with van der Waals surface area (Å²) in [4.78, 5) is 16.7. The number of rotatable bonds is 11. The lowest BCUT2D eigenvalue weighted by Crippen LogP contribution is -2.14. The molecule has 0 aliphatic rings. The van der Waals surface area contributed by atoms with Crippen LogP contribution >= 0.6 is 11.6 Å². The fourth-order valence-electron chi connectivity index (χ4n) is 2.18. The predicted molar refractivity (Wildman–Crippen MR) is 92.8 cm³/mol. The molecule has 127 valence electrons. The summed E-state index contributed by atoms with van der Waals surface area (Å²) in [5, 5.41) is 4.39. The summed E-state index contributed by atoms with van der Waals surface area (Å²) < 4.78 is 5.26. The first-order valence-electron chi connectivity index (χ1n) is 8.10. The average Bonchev–Trinajstić information content (AvgIpc) is 2.54. The smallest absolute Gasteiger partial charge is 0.312 e. The van der Waals surface area contributed by atoms with Crippen molar-refractivity contribution in [2.24, 2.45) is 5.16 Å². The number of carbonyl (C=O) groups excluding carboxylic acids is 1. The van der Waals surface area contributed by atoms with Crippen LogP contribution in [-0.4, -0.2) is 25.4 Å². The Labute approximate surface area is 143 Å². The molecule has 0 spiro atoms. The van der Waals surface area contributed by atoms with Gasteiger partial charge < -0.3 is 9.57 Å². The van der Waals surface area contributed by atoms with Crippen molar-refractivity contribution >= 4 is 23.3 Å². The molecular weight excluding hydrogens is 314 g/mol. The molecule has 4 nitrogen and oxygen atoms in total. The summed E-state index contributed by atoms with van der Waals surface area (Å²) in [6.07, 6.45) is 6.95. The summed E-state index contributed by atoms with van der Waals surface area (Å²) in [7, 11) is 1.43. The molecule has 0 N–H and O–H groups in total. The summed E-state index contributed by atoms with van der Waals surface area (Å²) in [6, 6.07) is 8.00. The zero-order valence-corrected chi connectivity index (χ0v) is 14.7. The normalized spacial score (nSPS) is 11.3. The molecule has 1 radical (unpaired) electrons. The molecule has 0 atom stereocenters. The van der Waals surface area contributed by atoms with Crippen molar-refractivity contribution in [3.05, 3.63) is 34.9 Å². The van der Waals surface area contributed by atoms with E-state index in [-0.39, 0.29) is 12.4 Å². The van der Waals surface area contributed by atoms with Gasteiger partial charge in [-0.1, -0.05) is 61.9 Å². The summed E-state index contributed by atoms with van der Waals surface area (Å²) >= 11 is 6.12. The first kappa shape index (κ1) is 19.5. The van der Waals surface area contributed by atoms with Gasteiger partial charge in [0, 0.05) is 10.6 Å². The van der Waals surface area contributed by atoms with Gasteiger partial charge in [-0.15, -0.1) is 0 Å². The molecule has 1 aromatic carbocycles. The molecule has 0 bridgehead atoms. The van der Waals surface area contributed by atoms with Crippen molar-refractivity contribution in [2.45, 2.75) is 51.9 Å². The number of halogens is 1. The molecule has 1 rings (SSSR count). The maximum atomic E-state index is 11.9. The van der Waals surface area contributed by atoms with Gasteiger partial charge in [0.05, 0.1) is 18.7 Å². The third-order valence-electron chi connectivity index (χ3n) is 3.40. The highest BCUT2D eigenvalue weighted by Crippen LogP contribution is 2.18. The third-order valence-corrected chi connectivity index (χ3v) is 3.73. The maximum absolute atomic E-state index is 11.9. The quantitative estimate of drug-likeness (QED) is 0.252. The van der Waals surface area contributed by atoms with Crippen LogP contribution in [0.2, 0.25) is 5.02 Å². The minimum atomic E-state index is -0.325. The van der Waals surface area contributed by atoms with Crippen LogP contribution in [0.4, 0.5) is 0 Å². The van der Waals surface area contributed by atoms with E-state index >= 15 is 0 Å². The Bertz CT molecular complexity index is 503. The van der Waals surface area contributed by atoms with E-state index in [0.717, 1.165) is 12.8 Å². The highest BCUT2D eigenvalue weighted by Gasteiger charge is 2.14. The average molecular weight is 339 g/mol. The number of oxime groups is 1. The van der Waals surface area contributed by atoms with Gasteiger partial charge in [-0.3, -0.25) is 4.79 Å². The second kappa shape index (κ2) is 11.9. The van der Waals surface area contributed by atoms with Crippen molar-refractivity contribution in [3.63, 3.8) is 0 Å². The predicted octanol–water partition coefficient (Wildman–Crippen LogP) is 4.78. The maximum Gasteiger partial charge on any atom is 0.312 e. The van der Waals surface area contributed by atoms with Crippen molar-refractivity contribution in [1.82, 2.24) is 0 Å². The van der Waals surface area contributed by atoms with Crippen LogP contribution in [0.1, 0.15) is 57.4 Å². The number of carbonyl (C=O) groups is 1. The summed E-state index contributed by atoms with van der Waals surface area (Å²) in [5.74, 6) is -0.325. The Morgan fingerprint density at radius 2 is 2.00 bits per heavy atom. The van der Waals surface area contributed by atoms with E-state index in [1.54, 1.807) is 18.2 Å². The molecule has 0 aliphatic heterocycles. The topological polar surface area (TPSA) is 47.9 Å². The zero-order chi connectivity index (χ0) is 16.9. The van der Waals surface area contributed by atoms with Gasteiger partial charge in [-0.05, 0) is 24.6 Å². The van der Waals surface area contributed by atoms with Crippen LogP contribution in [0.3, 0.4) is 0 Å². The van der Waals surface area contributed by atoms with Gasteiger partial charge >= 0.3 is 5.97 Å². The molecule has 5 heteroatoms. The minimum Gasteiger partial charge on any atom is -0.465 e. The number of ether oxygens (including phenoxy) is 1. The van der Waals surface area contributed by atoms with Gasteiger partial charge in [0.25, 0.3) is 0 Å². The van der Waals surface area contributed by atoms with Crippen LogP contribution in [-0.2, 0) is 14.4 Å². The van der Waals surface area contributed by atoms with Crippen LogP contribution < -0.4 is 0 Å². The fraction of sp³-hybridized carbons (Fsp3) is 0.556. The number of unbranched alkanes of at least 4 members (excludes halogenated alkanes) is 5. The summed E-state index contributed by atoms with van der Waals surface area (Å²) in [5.41, 5.74) is 1.08. The number of nitrogens with zero attached hydrogens (tertiary/aromatic N) is 1. The molecular formula is C18H25ClNO3. The van der Waals surface area contributed by atoms with E-state index in [2.05, 4.69) is 18.1 Å². The second-order valence-electron chi connectivity index (χ2n) is 5.29. The third kappa shape index (κ3) is 8.03. The van der Waals surface area contributed by atoms with Gasteiger partial charge in [0.2, 0.25) is 0 Å². The van der Waals surface area contributed by atoms with Gasteiger partial charge in [0.15, 0.2) is 0 Å².